The first-order chi connectivity index (χ1) is 5.83. The molecule has 1 amide bonds. The number of nitrogens with one attached hydrogen (secondary N) is 1. The van der Waals surface area contributed by atoms with Crippen molar-refractivity contribution in [1.82, 2.24) is 5.32 Å². The number of amides is 1. The number of carbonyl (C=O) groups is 1. The highest BCUT2D eigenvalue weighted by molar-refractivity contribution is 7.07. The molecule has 4 heteroatoms. The van der Waals surface area contributed by atoms with E-state index in [2.05, 4.69) is 5.32 Å². The van der Waals surface area contributed by atoms with Gasteiger partial charge >= 0.3 is 0 Å². The van der Waals surface area contributed by atoms with E-state index in [-0.39, 0.29) is 5.91 Å². The Morgan fingerprint density at radius 2 is 2.50 bits per heavy atom. The van der Waals surface area contributed by atoms with Gasteiger partial charge in [-0.25, -0.2) is 0 Å². The van der Waals surface area contributed by atoms with Crippen LogP contribution in [0.15, 0.2) is 16.8 Å². The molecular formula is C8H12N2OS. The Balaban J connectivity index is 2.27. The summed E-state index contributed by atoms with van der Waals surface area (Å²) in [5, 5.41) is 6.65. The van der Waals surface area contributed by atoms with Gasteiger partial charge in [-0.15, -0.1) is 0 Å². The maximum absolute atomic E-state index is 11.1. The Hall–Kier alpha value is -0.870. The highest BCUT2D eigenvalue weighted by atomic mass is 32.1. The van der Waals surface area contributed by atoms with Gasteiger partial charge in [0, 0.05) is 13.1 Å². The summed E-state index contributed by atoms with van der Waals surface area (Å²) < 4.78 is 0. The van der Waals surface area contributed by atoms with Gasteiger partial charge in [-0.3, -0.25) is 4.79 Å². The number of thiophene rings is 1. The Labute approximate surface area is 75.6 Å². The smallest absolute Gasteiger partial charge is 0.224 e. The second-order valence-corrected chi connectivity index (χ2v) is 3.23. The van der Waals surface area contributed by atoms with Crippen LogP contribution in [0.4, 0.5) is 0 Å². The SMILES string of the molecule is NCCNC(=O)Cc1ccsc1. The van der Waals surface area contributed by atoms with E-state index in [9.17, 15) is 4.79 Å². The maximum atomic E-state index is 11.1. The molecule has 12 heavy (non-hydrogen) atoms. The van der Waals surface area contributed by atoms with E-state index < -0.39 is 0 Å². The van der Waals surface area contributed by atoms with Gasteiger partial charge in [0.25, 0.3) is 0 Å². The Bertz CT molecular complexity index is 233. The first-order valence-corrected chi connectivity index (χ1v) is 4.75. The molecule has 3 nitrogen and oxygen atoms in total. The predicted molar refractivity (Wildman–Crippen MR) is 50.1 cm³/mol. The molecule has 1 heterocycles. The van der Waals surface area contributed by atoms with Gasteiger partial charge in [0.2, 0.25) is 5.91 Å². The van der Waals surface area contributed by atoms with Gasteiger partial charge in [0.15, 0.2) is 0 Å². The molecule has 0 aromatic carbocycles. The molecule has 0 fully saturated rings. The summed E-state index contributed by atoms with van der Waals surface area (Å²) in [6.07, 6.45) is 0.462. The van der Waals surface area contributed by atoms with Crippen LogP contribution >= 0.6 is 11.3 Å². The van der Waals surface area contributed by atoms with Crippen molar-refractivity contribution in [2.24, 2.45) is 5.73 Å². The molecule has 0 radical (unpaired) electrons. The fourth-order valence-electron chi connectivity index (χ4n) is 0.853. The van der Waals surface area contributed by atoms with Gasteiger partial charge < -0.3 is 11.1 Å². The molecule has 1 aromatic heterocycles. The lowest BCUT2D eigenvalue weighted by Gasteiger charge is -2.00. The molecule has 3 N–H and O–H groups in total. The van der Waals surface area contributed by atoms with Crippen LogP contribution in [-0.4, -0.2) is 19.0 Å². The van der Waals surface area contributed by atoms with Crippen LogP contribution in [-0.2, 0) is 11.2 Å². The molecule has 0 atom stereocenters. The third kappa shape index (κ3) is 3.02. The Morgan fingerprint density at radius 3 is 3.08 bits per heavy atom. The number of carbonyl (C=O) groups excluding carboxylic acids is 1. The highest BCUT2D eigenvalue weighted by Gasteiger charge is 2.01. The van der Waals surface area contributed by atoms with Crippen molar-refractivity contribution in [3.8, 4) is 0 Å². The molecule has 66 valence electrons. The first kappa shape index (κ1) is 9.22. The molecule has 0 saturated carbocycles. The molecule has 0 spiro atoms. The second kappa shape index (κ2) is 4.90. The van der Waals surface area contributed by atoms with Crippen molar-refractivity contribution in [2.45, 2.75) is 6.42 Å². The lowest BCUT2D eigenvalue weighted by atomic mass is 10.2. The van der Waals surface area contributed by atoms with E-state index in [1.807, 2.05) is 16.8 Å². The van der Waals surface area contributed by atoms with Crippen LogP contribution in [0.3, 0.4) is 0 Å². The van der Waals surface area contributed by atoms with Crippen molar-refractivity contribution in [3.05, 3.63) is 22.4 Å². The van der Waals surface area contributed by atoms with Crippen molar-refractivity contribution in [3.63, 3.8) is 0 Å². The molecule has 0 aliphatic carbocycles. The van der Waals surface area contributed by atoms with Crippen LogP contribution in [0.1, 0.15) is 5.56 Å². The fourth-order valence-corrected chi connectivity index (χ4v) is 1.52. The minimum atomic E-state index is 0.0406. The molecule has 0 aliphatic heterocycles. The molecule has 0 unspecified atom stereocenters. The largest absolute Gasteiger partial charge is 0.355 e. The van der Waals surface area contributed by atoms with Crippen LogP contribution in [0.5, 0.6) is 0 Å². The van der Waals surface area contributed by atoms with Gasteiger partial charge in [0.05, 0.1) is 6.42 Å². The lowest BCUT2D eigenvalue weighted by molar-refractivity contribution is -0.120. The third-order valence-electron chi connectivity index (χ3n) is 1.41. The van der Waals surface area contributed by atoms with Gasteiger partial charge in [-0.05, 0) is 22.4 Å². The zero-order chi connectivity index (χ0) is 8.81. The van der Waals surface area contributed by atoms with Crippen molar-refractivity contribution < 1.29 is 4.79 Å². The average Bonchev–Trinajstić information content (AvgIpc) is 2.53. The summed E-state index contributed by atoms with van der Waals surface area (Å²) in [6.45, 7) is 1.05. The highest BCUT2D eigenvalue weighted by Crippen LogP contribution is 2.05. The van der Waals surface area contributed by atoms with E-state index >= 15 is 0 Å². The predicted octanol–water partition coefficient (Wildman–Crippen LogP) is 0.365. The summed E-state index contributed by atoms with van der Waals surface area (Å²) in [5.41, 5.74) is 6.30. The van der Waals surface area contributed by atoms with Crippen LogP contribution in [0.2, 0.25) is 0 Å². The fraction of sp³-hybridized carbons (Fsp3) is 0.375. The topological polar surface area (TPSA) is 55.1 Å². The summed E-state index contributed by atoms with van der Waals surface area (Å²) in [7, 11) is 0. The second-order valence-electron chi connectivity index (χ2n) is 2.45. The molecule has 1 aromatic rings. The number of nitrogens with two attached hydrogens (primary N) is 1. The molecule has 0 saturated heterocycles. The molecule has 1 rings (SSSR count). The minimum absolute atomic E-state index is 0.0406. The number of hydrogen-bond donors (Lipinski definition) is 2. The molecular weight excluding hydrogens is 172 g/mol. The van der Waals surface area contributed by atoms with Crippen molar-refractivity contribution in [2.75, 3.05) is 13.1 Å². The summed E-state index contributed by atoms with van der Waals surface area (Å²) >= 11 is 1.60. The van der Waals surface area contributed by atoms with Gasteiger partial charge in [-0.1, -0.05) is 0 Å². The minimum Gasteiger partial charge on any atom is -0.355 e. The van der Waals surface area contributed by atoms with E-state index in [0.29, 0.717) is 19.5 Å². The van der Waals surface area contributed by atoms with Gasteiger partial charge in [0.1, 0.15) is 0 Å². The summed E-state index contributed by atoms with van der Waals surface area (Å²) in [6, 6.07) is 1.95. The Kier molecular flexibility index (Phi) is 3.76. The van der Waals surface area contributed by atoms with Crippen molar-refractivity contribution >= 4 is 17.2 Å². The molecule has 0 bridgehead atoms. The zero-order valence-corrected chi connectivity index (χ0v) is 7.56. The summed E-state index contributed by atoms with van der Waals surface area (Å²) in [5.74, 6) is 0.0406. The van der Waals surface area contributed by atoms with E-state index in [0.717, 1.165) is 5.56 Å². The lowest BCUT2D eigenvalue weighted by Crippen LogP contribution is -2.30. The van der Waals surface area contributed by atoms with Crippen LogP contribution < -0.4 is 11.1 Å². The number of rotatable bonds is 4. The Morgan fingerprint density at radius 1 is 1.67 bits per heavy atom. The van der Waals surface area contributed by atoms with Crippen LogP contribution in [0.25, 0.3) is 0 Å². The first-order valence-electron chi connectivity index (χ1n) is 3.81. The normalized spacial score (nSPS) is 9.75. The maximum Gasteiger partial charge on any atom is 0.224 e. The van der Waals surface area contributed by atoms with Crippen LogP contribution in [0, 0.1) is 0 Å². The van der Waals surface area contributed by atoms with E-state index in [1.165, 1.54) is 0 Å². The van der Waals surface area contributed by atoms with E-state index in [4.69, 9.17) is 5.73 Å². The molecule has 0 aliphatic rings. The van der Waals surface area contributed by atoms with Gasteiger partial charge in [-0.2, -0.15) is 11.3 Å². The summed E-state index contributed by atoms with van der Waals surface area (Å²) in [4.78, 5) is 11.1. The zero-order valence-electron chi connectivity index (χ0n) is 6.75. The number of hydrogen-bond acceptors (Lipinski definition) is 3. The monoisotopic (exact) mass is 184 g/mol. The van der Waals surface area contributed by atoms with Crippen molar-refractivity contribution in [1.29, 1.82) is 0 Å². The van der Waals surface area contributed by atoms with E-state index in [1.54, 1.807) is 11.3 Å². The standard InChI is InChI=1S/C8H12N2OS/c9-2-3-10-8(11)5-7-1-4-12-6-7/h1,4,6H,2-3,5,9H2,(H,10,11). The third-order valence-corrected chi connectivity index (χ3v) is 2.14. The quantitative estimate of drug-likeness (QED) is 0.710. The average molecular weight is 184 g/mol.